The van der Waals surface area contributed by atoms with Crippen LogP contribution in [0.15, 0.2) is 16.3 Å². The van der Waals surface area contributed by atoms with Crippen molar-refractivity contribution in [2.45, 2.75) is 37.1 Å². The van der Waals surface area contributed by atoms with Gasteiger partial charge in [-0.15, -0.1) is 11.3 Å². The van der Waals surface area contributed by atoms with Gasteiger partial charge in [0.05, 0.1) is 12.7 Å². The first kappa shape index (κ1) is 13.0. The Hall–Kier alpha value is -0.430. The predicted octanol–water partition coefficient (Wildman–Crippen LogP) is 1.85. The van der Waals surface area contributed by atoms with E-state index in [-0.39, 0.29) is 12.1 Å². The number of hydrogen-bond acceptors (Lipinski definition) is 4. The molecule has 0 N–H and O–H groups in total. The molecule has 1 aromatic rings. The maximum atomic E-state index is 12.4. The lowest BCUT2D eigenvalue weighted by Gasteiger charge is -2.35. The van der Waals surface area contributed by atoms with E-state index in [0.717, 1.165) is 4.88 Å². The third kappa shape index (κ3) is 2.54. The minimum absolute atomic E-state index is 0.0398. The number of hydrogen-bond donors (Lipinski definition) is 0. The number of sulfonamides is 1. The molecule has 1 aromatic heterocycles. The molecule has 0 radical (unpaired) electrons. The second-order valence-electron chi connectivity index (χ2n) is 4.43. The highest BCUT2D eigenvalue weighted by molar-refractivity contribution is 7.91. The minimum Gasteiger partial charge on any atom is -0.375 e. The molecule has 2 rings (SSSR count). The van der Waals surface area contributed by atoms with Crippen LogP contribution >= 0.6 is 11.3 Å². The molecule has 2 unspecified atom stereocenters. The predicted molar refractivity (Wildman–Crippen MR) is 67.8 cm³/mol. The van der Waals surface area contributed by atoms with Gasteiger partial charge in [-0.05, 0) is 32.9 Å². The number of morpholine rings is 1. The monoisotopic (exact) mass is 275 g/mol. The molecule has 96 valence electrons. The molecule has 2 heterocycles. The number of aryl methyl sites for hydroxylation is 1. The van der Waals surface area contributed by atoms with Crippen molar-refractivity contribution < 1.29 is 13.2 Å². The molecular weight excluding hydrogens is 258 g/mol. The lowest BCUT2D eigenvalue weighted by molar-refractivity contribution is -0.0170. The van der Waals surface area contributed by atoms with Crippen LogP contribution in [0.3, 0.4) is 0 Å². The minimum atomic E-state index is -3.35. The van der Waals surface area contributed by atoms with Gasteiger partial charge in [0.2, 0.25) is 0 Å². The highest BCUT2D eigenvalue weighted by atomic mass is 32.2. The van der Waals surface area contributed by atoms with Gasteiger partial charge in [-0.3, -0.25) is 0 Å². The van der Waals surface area contributed by atoms with E-state index in [0.29, 0.717) is 17.4 Å². The van der Waals surface area contributed by atoms with Gasteiger partial charge in [0.25, 0.3) is 10.0 Å². The van der Waals surface area contributed by atoms with E-state index in [9.17, 15) is 8.42 Å². The van der Waals surface area contributed by atoms with Crippen LogP contribution in [-0.4, -0.2) is 38.0 Å². The molecule has 0 bridgehead atoms. The topological polar surface area (TPSA) is 46.6 Å². The normalized spacial score (nSPS) is 27.2. The summed E-state index contributed by atoms with van der Waals surface area (Å²) < 4.78 is 32.3. The van der Waals surface area contributed by atoms with E-state index in [1.807, 2.05) is 26.8 Å². The van der Waals surface area contributed by atoms with Crippen LogP contribution < -0.4 is 0 Å². The lowest BCUT2D eigenvalue weighted by Crippen LogP contribution is -2.49. The van der Waals surface area contributed by atoms with Gasteiger partial charge < -0.3 is 4.74 Å². The van der Waals surface area contributed by atoms with Crippen LogP contribution in [0.2, 0.25) is 0 Å². The van der Waals surface area contributed by atoms with E-state index >= 15 is 0 Å². The van der Waals surface area contributed by atoms with Crippen LogP contribution in [-0.2, 0) is 14.8 Å². The molecule has 4 nitrogen and oxygen atoms in total. The van der Waals surface area contributed by atoms with Crippen LogP contribution in [0, 0.1) is 6.92 Å². The first-order valence-electron chi connectivity index (χ1n) is 5.61. The molecular formula is C11H17NO3S2. The Bertz CT molecular complexity index is 495. The fraction of sp³-hybridized carbons (Fsp3) is 0.636. The van der Waals surface area contributed by atoms with Crippen molar-refractivity contribution in [3.05, 3.63) is 17.0 Å². The molecule has 0 aliphatic carbocycles. The van der Waals surface area contributed by atoms with E-state index in [2.05, 4.69) is 0 Å². The van der Waals surface area contributed by atoms with Crippen LogP contribution in [0.25, 0.3) is 0 Å². The Morgan fingerprint density at radius 2 is 2.12 bits per heavy atom. The summed E-state index contributed by atoms with van der Waals surface area (Å²) in [5, 5.41) is 0. The molecule has 0 amide bonds. The molecule has 0 saturated carbocycles. The lowest BCUT2D eigenvalue weighted by atomic mass is 10.2. The van der Waals surface area contributed by atoms with Crippen LogP contribution in [0.1, 0.15) is 18.7 Å². The van der Waals surface area contributed by atoms with Crippen LogP contribution in [0.5, 0.6) is 0 Å². The molecule has 6 heteroatoms. The Balaban J connectivity index is 2.31. The summed E-state index contributed by atoms with van der Waals surface area (Å²) >= 11 is 1.32. The van der Waals surface area contributed by atoms with Crippen molar-refractivity contribution in [2.24, 2.45) is 0 Å². The summed E-state index contributed by atoms with van der Waals surface area (Å²) in [7, 11) is -3.35. The fourth-order valence-electron chi connectivity index (χ4n) is 1.87. The molecule has 1 aliphatic rings. The number of thiophene rings is 1. The van der Waals surface area contributed by atoms with Crippen molar-refractivity contribution in [2.75, 3.05) is 13.2 Å². The number of nitrogens with zero attached hydrogens (tertiary/aromatic N) is 1. The summed E-state index contributed by atoms with van der Waals surface area (Å²) in [5.41, 5.74) is 0. The van der Waals surface area contributed by atoms with E-state index in [4.69, 9.17) is 4.74 Å². The van der Waals surface area contributed by atoms with Gasteiger partial charge in [-0.1, -0.05) is 0 Å². The second kappa shape index (κ2) is 4.68. The van der Waals surface area contributed by atoms with Crippen molar-refractivity contribution in [3.63, 3.8) is 0 Å². The average Bonchev–Trinajstić information content (AvgIpc) is 2.69. The fourth-order valence-corrected chi connectivity index (χ4v) is 4.98. The standard InChI is InChI=1S/C11H17NO3S2/c1-8-7-15-9(2)6-12(8)17(13,14)11-5-4-10(3)16-11/h4-5,8-9H,6-7H2,1-3H3. The summed E-state index contributed by atoms with van der Waals surface area (Å²) in [6.07, 6.45) is -0.0398. The number of rotatable bonds is 2. The molecule has 1 fully saturated rings. The average molecular weight is 275 g/mol. The zero-order valence-electron chi connectivity index (χ0n) is 10.2. The SMILES string of the molecule is Cc1ccc(S(=O)(=O)N2CC(C)OCC2C)s1. The van der Waals surface area contributed by atoms with Crippen LogP contribution in [0.4, 0.5) is 0 Å². The molecule has 1 saturated heterocycles. The van der Waals surface area contributed by atoms with Gasteiger partial charge in [0, 0.05) is 17.5 Å². The second-order valence-corrected chi connectivity index (χ2v) is 7.84. The maximum absolute atomic E-state index is 12.4. The first-order chi connectivity index (χ1) is 7.91. The van der Waals surface area contributed by atoms with E-state index in [1.54, 1.807) is 10.4 Å². The summed E-state index contributed by atoms with van der Waals surface area (Å²) in [4.78, 5) is 1.01. The molecule has 2 atom stereocenters. The van der Waals surface area contributed by atoms with Crippen molar-refractivity contribution in [3.8, 4) is 0 Å². The number of ether oxygens (including phenoxy) is 1. The highest BCUT2D eigenvalue weighted by Gasteiger charge is 2.34. The smallest absolute Gasteiger partial charge is 0.252 e. The molecule has 0 spiro atoms. The zero-order chi connectivity index (χ0) is 12.6. The summed E-state index contributed by atoms with van der Waals surface area (Å²) in [6, 6.07) is 3.42. The van der Waals surface area contributed by atoms with Gasteiger partial charge in [0.1, 0.15) is 4.21 Å². The van der Waals surface area contributed by atoms with Crippen molar-refractivity contribution >= 4 is 21.4 Å². The third-order valence-corrected chi connectivity index (χ3v) is 6.28. The maximum Gasteiger partial charge on any atom is 0.252 e. The largest absolute Gasteiger partial charge is 0.375 e. The van der Waals surface area contributed by atoms with E-state index in [1.165, 1.54) is 11.3 Å². The first-order valence-corrected chi connectivity index (χ1v) is 7.87. The Morgan fingerprint density at radius 1 is 1.41 bits per heavy atom. The van der Waals surface area contributed by atoms with E-state index < -0.39 is 10.0 Å². The van der Waals surface area contributed by atoms with Gasteiger partial charge in [-0.2, -0.15) is 4.31 Å². The quantitative estimate of drug-likeness (QED) is 0.827. The van der Waals surface area contributed by atoms with Crippen molar-refractivity contribution in [1.82, 2.24) is 4.31 Å². The van der Waals surface area contributed by atoms with Gasteiger partial charge >= 0.3 is 0 Å². The Kier molecular flexibility index (Phi) is 3.58. The summed E-state index contributed by atoms with van der Waals surface area (Å²) in [5.74, 6) is 0. The molecule has 17 heavy (non-hydrogen) atoms. The van der Waals surface area contributed by atoms with Gasteiger partial charge in [-0.25, -0.2) is 8.42 Å². The van der Waals surface area contributed by atoms with Crippen molar-refractivity contribution in [1.29, 1.82) is 0 Å². The molecule has 0 aromatic carbocycles. The Labute approximate surface area is 106 Å². The summed E-state index contributed by atoms with van der Waals surface area (Å²) in [6.45, 7) is 6.58. The highest BCUT2D eigenvalue weighted by Crippen LogP contribution is 2.27. The molecule has 1 aliphatic heterocycles. The zero-order valence-corrected chi connectivity index (χ0v) is 11.8. The third-order valence-electron chi connectivity index (χ3n) is 2.83. The Morgan fingerprint density at radius 3 is 2.71 bits per heavy atom. The van der Waals surface area contributed by atoms with Gasteiger partial charge in [0.15, 0.2) is 0 Å².